The SMILES string of the molecule is Cc1nn(C)c(C)c1C(=O)c1cc2cccc(Br)c2o1. The van der Waals surface area contributed by atoms with Crippen LogP contribution in [0, 0.1) is 13.8 Å². The molecule has 0 amide bonds. The zero-order valence-electron chi connectivity index (χ0n) is 11.4. The number of carbonyl (C=O) groups is 1. The lowest BCUT2D eigenvalue weighted by Crippen LogP contribution is -2.03. The van der Waals surface area contributed by atoms with Gasteiger partial charge in [-0.15, -0.1) is 0 Å². The zero-order chi connectivity index (χ0) is 14.4. The third kappa shape index (κ3) is 1.89. The zero-order valence-corrected chi connectivity index (χ0v) is 13.0. The highest BCUT2D eigenvalue weighted by Crippen LogP contribution is 2.29. The van der Waals surface area contributed by atoms with E-state index < -0.39 is 0 Å². The third-order valence-electron chi connectivity index (χ3n) is 3.46. The number of aryl methyl sites for hydroxylation is 2. The molecule has 5 heteroatoms. The molecular weight excluding hydrogens is 320 g/mol. The number of benzene rings is 1. The van der Waals surface area contributed by atoms with Gasteiger partial charge in [0.1, 0.15) is 5.58 Å². The first-order valence-corrected chi connectivity index (χ1v) is 7.01. The van der Waals surface area contributed by atoms with Gasteiger partial charge in [-0.1, -0.05) is 12.1 Å². The molecule has 0 radical (unpaired) electrons. The average molecular weight is 333 g/mol. The Labute approximate surface area is 124 Å². The van der Waals surface area contributed by atoms with Gasteiger partial charge in [0.2, 0.25) is 5.78 Å². The Bertz CT molecular complexity index is 830. The Morgan fingerprint density at radius 2 is 2.10 bits per heavy atom. The molecule has 4 nitrogen and oxygen atoms in total. The van der Waals surface area contributed by atoms with Gasteiger partial charge in [-0.25, -0.2) is 0 Å². The molecular formula is C15H13BrN2O2. The molecule has 0 fully saturated rings. The first-order valence-electron chi connectivity index (χ1n) is 6.22. The Kier molecular flexibility index (Phi) is 3.01. The monoisotopic (exact) mass is 332 g/mol. The maximum absolute atomic E-state index is 12.6. The van der Waals surface area contributed by atoms with Crippen LogP contribution in [-0.2, 0) is 7.05 Å². The Morgan fingerprint density at radius 1 is 1.35 bits per heavy atom. The number of hydrogen-bond donors (Lipinski definition) is 0. The van der Waals surface area contributed by atoms with Gasteiger partial charge in [0.05, 0.1) is 15.7 Å². The van der Waals surface area contributed by atoms with Crippen LogP contribution in [0.5, 0.6) is 0 Å². The van der Waals surface area contributed by atoms with Gasteiger partial charge in [-0.05, 0) is 41.9 Å². The lowest BCUT2D eigenvalue weighted by Gasteiger charge is -1.98. The van der Waals surface area contributed by atoms with Gasteiger partial charge in [-0.3, -0.25) is 9.48 Å². The number of furan rings is 1. The number of rotatable bonds is 2. The molecule has 0 aliphatic carbocycles. The summed E-state index contributed by atoms with van der Waals surface area (Å²) in [5.41, 5.74) is 2.86. The van der Waals surface area contributed by atoms with Crippen LogP contribution < -0.4 is 0 Å². The molecule has 0 spiro atoms. The van der Waals surface area contributed by atoms with Crippen molar-refractivity contribution in [1.82, 2.24) is 9.78 Å². The van der Waals surface area contributed by atoms with E-state index >= 15 is 0 Å². The summed E-state index contributed by atoms with van der Waals surface area (Å²) in [6.45, 7) is 3.71. The minimum atomic E-state index is -0.129. The molecule has 102 valence electrons. The van der Waals surface area contributed by atoms with Crippen LogP contribution in [0.25, 0.3) is 11.0 Å². The van der Waals surface area contributed by atoms with Crippen molar-refractivity contribution in [2.24, 2.45) is 7.05 Å². The molecule has 0 bridgehead atoms. The molecule has 0 aliphatic rings. The summed E-state index contributed by atoms with van der Waals surface area (Å²) in [4.78, 5) is 12.6. The fourth-order valence-corrected chi connectivity index (χ4v) is 2.83. The highest BCUT2D eigenvalue weighted by atomic mass is 79.9. The summed E-state index contributed by atoms with van der Waals surface area (Å²) in [5.74, 6) is 0.210. The van der Waals surface area contributed by atoms with E-state index in [0.717, 1.165) is 21.2 Å². The normalized spacial score (nSPS) is 11.2. The smallest absolute Gasteiger partial charge is 0.231 e. The maximum Gasteiger partial charge on any atom is 0.231 e. The van der Waals surface area contributed by atoms with Crippen molar-refractivity contribution in [3.8, 4) is 0 Å². The topological polar surface area (TPSA) is 48.0 Å². The molecule has 0 aliphatic heterocycles. The first kappa shape index (κ1) is 13.1. The van der Waals surface area contributed by atoms with Crippen LogP contribution in [-0.4, -0.2) is 15.6 Å². The van der Waals surface area contributed by atoms with Crippen molar-refractivity contribution in [3.05, 3.63) is 51.4 Å². The summed E-state index contributed by atoms with van der Waals surface area (Å²) >= 11 is 3.43. The second-order valence-corrected chi connectivity index (χ2v) is 5.62. The second-order valence-electron chi connectivity index (χ2n) is 4.77. The first-order chi connectivity index (χ1) is 9.49. The lowest BCUT2D eigenvalue weighted by atomic mass is 10.1. The molecule has 20 heavy (non-hydrogen) atoms. The number of fused-ring (bicyclic) bond motifs is 1. The quantitative estimate of drug-likeness (QED) is 0.671. The van der Waals surface area contributed by atoms with E-state index in [1.165, 1.54) is 0 Å². The molecule has 3 rings (SSSR count). The minimum Gasteiger partial charge on any atom is -0.451 e. The molecule has 0 saturated carbocycles. The Balaban J connectivity index is 2.15. The molecule has 2 aromatic heterocycles. The van der Waals surface area contributed by atoms with Gasteiger partial charge in [0.25, 0.3) is 0 Å². The van der Waals surface area contributed by atoms with Crippen molar-refractivity contribution in [2.75, 3.05) is 0 Å². The number of ketones is 1. The van der Waals surface area contributed by atoms with Gasteiger partial charge in [-0.2, -0.15) is 5.10 Å². The van der Waals surface area contributed by atoms with Crippen LogP contribution in [0.4, 0.5) is 0 Å². The number of nitrogens with zero attached hydrogens (tertiary/aromatic N) is 2. The number of halogens is 1. The van der Waals surface area contributed by atoms with Crippen LogP contribution in [0.15, 0.2) is 33.2 Å². The number of carbonyl (C=O) groups excluding carboxylic acids is 1. The van der Waals surface area contributed by atoms with Gasteiger partial charge >= 0.3 is 0 Å². The molecule has 3 aromatic rings. The van der Waals surface area contributed by atoms with Crippen LogP contribution in [0.2, 0.25) is 0 Å². The second kappa shape index (κ2) is 4.59. The predicted octanol–water partition coefficient (Wildman–Crippen LogP) is 3.78. The van der Waals surface area contributed by atoms with E-state index in [4.69, 9.17) is 4.42 Å². The molecule has 0 atom stereocenters. The van der Waals surface area contributed by atoms with Gasteiger partial charge < -0.3 is 4.42 Å². The molecule has 1 aromatic carbocycles. The molecule has 0 saturated heterocycles. The average Bonchev–Trinajstić information content (AvgIpc) is 2.93. The maximum atomic E-state index is 12.6. The van der Waals surface area contributed by atoms with E-state index in [0.29, 0.717) is 16.9 Å². The fraction of sp³-hybridized carbons (Fsp3) is 0.200. The molecule has 0 unspecified atom stereocenters. The summed E-state index contributed by atoms with van der Waals surface area (Å²) in [6, 6.07) is 7.50. The highest BCUT2D eigenvalue weighted by Gasteiger charge is 2.22. The van der Waals surface area contributed by atoms with Crippen molar-refractivity contribution in [1.29, 1.82) is 0 Å². The largest absolute Gasteiger partial charge is 0.451 e. The Morgan fingerprint density at radius 3 is 2.70 bits per heavy atom. The van der Waals surface area contributed by atoms with Crippen LogP contribution in [0.1, 0.15) is 27.5 Å². The van der Waals surface area contributed by atoms with Crippen molar-refractivity contribution in [3.63, 3.8) is 0 Å². The summed E-state index contributed by atoms with van der Waals surface area (Å²) in [5, 5.41) is 5.18. The van der Waals surface area contributed by atoms with Gasteiger partial charge in [0.15, 0.2) is 5.76 Å². The van der Waals surface area contributed by atoms with Gasteiger partial charge in [0, 0.05) is 18.1 Å². The minimum absolute atomic E-state index is 0.129. The number of para-hydroxylation sites is 1. The van der Waals surface area contributed by atoms with Crippen molar-refractivity contribution in [2.45, 2.75) is 13.8 Å². The van der Waals surface area contributed by atoms with Crippen LogP contribution in [0.3, 0.4) is 0 Å². The van der Waals surface area contributed by atoms with E-state index in [2.05, 4.69) is 21.0 Å². The predicted molar refractivity (Wildman–Crippen MR) is 80.0 cm³/mol. The summed E-state index contributed by atoms with van der Waals surface area (Å²) < 4.78 is 8.25. The van der Waals surface area contributed by atoms with E-state index in [1.54, 1.807) is 10.7 Å². The van der Waals surface area contributed by atoms with Crippen molar-refractivity contribution >= 4 is 32.7 Å². The third-order valence-corrected chi connectivity index (χ3v) is 4.08. The highest BCUT2D eigenvalue weighted by molar-refractivity contribution is 9.10. The standard InChI is InChI=1S/C15H13BrN2O2/c1-8-13(9(2)18(3)17-8)14(19)12-7-10-5-4-6-11(16)15(10)20-12/h4-7H,1-3H3. The number of aromatic nitrogens is 2. The number of hydrogen-bond acceptors (Lipinski definition) is 3. The van der Waals surface area contributed by atoms with E-state index in [1.807, 2.05) is 39.1 Å². The van der Waals surface area contributed by atoms with E-state index in [9.17, 15) is 4.79 Å². The summed E-state index contributed by atoms with van der Waals surface area (Å²) in [7, 11) is 1.83. The lowest BCUT2D eigenvalue weighted by molar-refractivity contribution is 0.101. The molecule has 0 N–H and O–H groups in total. The van der Waals surface area contributed by atoms with E-state index in [-0.39, 0.29) is 5.78 Å². The van der Waals surface area contributed by atoms with Crippen LogP contribution >= 0.6 is 15.9 Å². The fourth-order valence-electron chi connectivity index (χ4n) is 2.36. The molecule has 2 heterocycles. The summed E-state index contributed by atoms with van der Waals surface area (Å²) in [6.07, 6.45) is 0. The van der Waals surface area contributed by atoms with Crippen molar-refractivity contribution < 1.29 is 9.21 Å². The Hall–Kier alpha value is -1.88.